The van der Waals surface area contributed by atoms with Crippen molar-refractivity contribution in [3.05, 3.63) is 35.9 Å². The van der Waals surface area contributed by atoms with Gasteiger partial charge in [0.25, 0.3) is 0 Å². The third-order valence-electron chi connectivity index (χ3n) is 2.91. The van der Waals surface area contributed by atoms with E-state index in [9.17, 15) is 9.59 Å². The predicted molar refractivity (Wildman–Crippen MR) is 86.6 cm³/mol. The fraction of sp³-hybridized carbons (Fsp3) is 0.529. The van der Waals surface area contributed by atoms with Crippen LogP contribution in [0.2, 0.25) is 0 Å². The van der Waals surface area contributed by atoms with Crippen molar-refractivity contribution in [1.82, 2.24) is 10.6 Å². The molecule has 0 saturated carbocycles. The number of nitrogens with one attached hydrogen (secondary N) is 2. The Morgan fingerprint density at radius 1 is 1.18 bits per heavy atom. The van der Waals surface area contributed by atoms with Crippen LogP contribution in [-0.4, -0.2) is 30.2 Å². The van der Waals surface area contributed by atoms with E-state index in [2.05, 4.69) is 22.8 Å². The first-order chi connectivity index (χ1) is 10.3. The number of rotatable bonds is 6. The zero-order valence-corrected chi connectivity index (χ0v) is 13.8. The van der Waals surface area contributed by atoms with Crippen molar-refractivity contribution < 1.29 is 14.3 Å². The summed E-state index contributed by atoms with van der Waals surface area (Å²) in [6.45, 7) is 7.55. The van der Waals surface area contributed by atoms with E-state index in [-0.39, 0.29) is 5.91 Å². The number of carbonyl (C=O) groups is 2. The maximum atomic E-state index is 11.9. The molecule has 1 atom stereocenters. The molecule has 5 nitrogen and oxygen atoms in total. The minimum Gasteiger partial charge on any atom is -0.444 e. The Bertz CT molecular complexity index is 480. The van der Waals surface area contributed by atoms with E-state index in [1.165, 1.54) is 5.56 Å². The number of alkyl carbamates (subject to hydrolysis) is 1. The van der Waals surface area contributed by atoms with Crippen molar-refractivity contribution in [3.63, 3.8) is 0 Å². The van der Waals surface area contributed by atoms with Gasteiger partial charge in [0.15, 0.2) is 0 Å². The molecular weight excluding hydrogens is 280 g/mol. The Balaban J connectivity index is 2.22. The summed E-state index contributed by atoms with van der Waals surface area (Å²) in [5.41, 5.74) is 0.673. The zero-order valence-electron chi connectivity index (χ0n) is 13.8. The highest BCUT2D eigenvalue weighted by Gasteiger charge is 2.20. The second kappa shape index (κ2) is 8.41. The third kappa shape index (κ3) is 7.67. The molecule has 0 spiro atoms. The maximum absolute atomic E-state index is 11.9. The molecule has 0 radical (unpaired) electrons. The van der Waals surface area contributed by atoms with Crippen LogP contribution in [0, 0.1) is 0 Å². The summed E-state index contributed by atoms with van der Waals surface area (Å²) < 4.78 is 5.11. The highest BCUT2D eigenvalue weighted by Crippen LogP contribution is 2.06. The number of aryl methyl sites for hydroxylation is 1. The van der Waals surface area contributed by atoms with Gasteiger partial charge in [-0.05, 0) is 46.1 Å². The summed E-state index contributed by atoms with van der Waals surface area (Å²) >= 11 is 0. The minimum absolute atomic E-state index is 0.209. The van der Waals surface area contributed by atoms with Crippen molar-refractivity contribution in [1.29, 1.82) is 0 Å². The molecule has 0 fully saturated rings. The Morgan fingerprint density at radius 2 is 1.82 bits per heavy atom. The Labute approximate surface area is 132 Å². The highest BCUT2D eigenvalue weighted by molar-refractivity contribution is 5.85. The van der Waals surface area contributed by atoms with Crippen LogP contribution < -0.4 is 10.6 Å². The van der Waals surface area contributed by atoms with Crippen molar-refractivity contribution in [2.24, 2.45) is 0 Å². The molecule has 2 amide bonds. The molecule has 0 bridgehead atoms. The van der Waals surface area contributed by atoms with Gasteiger partial charge in [-0.2, -0.15) is 0 Å². The molecule has 0 aliphatic carbocycles. The smallest absolute Gasteiger partial charge is 0.408 e. The number of carbonyl (C=O) groups excluding carboxylic acids is 2. The molecule has 1 rings (SSSR count). The van der Waals surface area contributed by atoms with E-state index in [0.29, 0.717) is 6.54 Å². The number of benzene rings is 1. The van der Waals surface area contributed by atoms with E-state index < -0.39 is 17.7 Å². The number of amides is 2. The van der Waals surface area contributed by atoms with Crippen LogP contribution in [0.5, 0.6) is 0 Å². The van der Waals surface area contributed by atoms with Gasteiger partial charge in [-0.15, -0.1) is 0 Å². The lowest BCUT2D eigenvalue weighted by Gasteiger charge is -2.21. The summed E-state index contributed by atoms with van der Waals surface area (Å²) in [7, 11) is 0. The first kappa shape index (κ1) is 18.0. The highest BCUT2D eigenvalue weighted by atomic mass is 16.6. The van der Waals surface area contributed by atoms with Crippen molar-refractivity contribution >= 4 is 12.0 Å². The summed E-state index contributed by atoms with van der Waals surface area (Å²) in [5, 5.41) is 5.33. The molecule has 1 aromatic rings. The van der Waals surface area contributed by atoms with Gasteiger partial charge in [-0.3, -0.25) is 4.79 Å². The van der Waals surface area contributed by atoms with Crippen LogP contribution in [0.25, 0.3) is 0 Å². The molecule has 0 aliphatic rings. The van der Waals surface area contributed by atoms with Gasteiger partial charge in [0.2, 0.25) is 5.91 Å². The molecular formula is C17H26N2O3. The van der Waals surface area contributed by atoms with Crippen molar-refractivity contribution in [2.45, 2.75) is 52.2 Å². The Hall–Kier alpha value is -2.04. The van der Waals surface area contributed by atoms with E-state index in [4.69, 9.17) is 4.74 Å². The molecule has 0 aliphatic heterocycles. The van der Waals surface area contributed by atoms with E-state index in [1.807, 2.05) is 18.2 Å². The van der Waals surface area contributed by atoms with Crippen LogP contribution in [0.1, 0.15) is 39.7 Å². The second-order valence-electron chi connectivity index (χ2n) is 6.25. The third-order valence-corrected chi connectivity index (χ3v) is 2.91. The zero-order chi connectivity index (χ0) is 16.6. The molecule has 0 aromatic heterocycles. The van der Waals surface area contributed by atoms with Crippen molar-refractivity contribution in [2.75, 3.05) is 6.54 Å². The van der Waals surface area contributed by atoms with Crippen LogP contribution in [-0.2, 0) is 16.0 Å². The van der Waals surface area contributed by atoms with E-state index in [1.54, 1.807) is 27.7 Å². The molecule has 22 heavy (non-hydrogen) atoms. The molecule has 0 saturated heterocycles. The average Bonchev–Trinajstić information content (AvgIpc) is 2.42. The Morgan fingerprint density at radius 3 is 2.41 bits per heavy atom. The van der Waals surface area contributed by atoms with Crippen molar-refractivity contribution in [3.8, 4) is 0 Å². The van der Waals surface area contributed by atoms with Gasteiger partial charge in [0.1, 0.15) is 11.6 Å². The Kier molecular flexibility index (Phi) is 6.89. The lowest BCUT2D eigenvalue weighted by atomic mass is 10.1. The summed E-state index contributed by atoms with van der Waals surface area (Å²) in [6.07, 6.45) is 1.18. The first-order valence-electron chi connectivity index (χ1n) is 7.59. The standard InChI is InChI=1S/C17H26N2O3/c1-13(19-16(21)22-17(2,3)4)15(20)18-12-8-11-14-9-6-5-7-10-14/h5-7,9-10,13H,8,11-12H2,1-4H3,(H,18,20)(H,19,21)/t13-/m1/s1. The molecule has 122 valence electrons. The average molecular weight is 306 g/mol. The normalized spacial score (nSPS) is 12.4. The van der Waals surface area contributed by atoms with Crippen LogP contribution in [0.3, 0.4) is 0 Å². The predicted octanol–water partition coefficient (Wildman–Crippen LogP) is 2.65. The molecule has 0 heterocycles. The van der Waals surface area contributed by atoms with Gasteiger partial charge in [0, 0.05) is 6.54 Å². The summed E-state index contributed by atoms with van der Waals surface area (Å²) in [4.78, 5) is 23.4. The number of ether oxygens (including phenoxy) is 1. The largest absolute Gasteiger partial charge is 0.444 e. The van der Waals surface area contributed by atoms with Gasteiger partial charge in [0.05, 0.1) is 0 Å². The van der Waals surface area contributed by atoms with Crippen LogP contribution in [0.4, 0.5) is 4.79 Å². The molecule has 0 unspecified atom stereocenters. The van der Waals surface area contributed by atoms with Gasteiger partial charge >= 0.3 is 6.09 Å². The lowest BCUT2D eigenvalue weighted by molar-refractivity contribution is -0.122. The lowest BCUT2D eigenvalue weighted by Crippen LogP contribution is -2.46. The topological polar surface area (TPSA) is 67.4 Å². The number of hydrogen-bond donors (Lipinski definition) is 2. The summed E-state index contributed by atoms with van der Waals surface area (Å²) in [5.74, 6) is -0.209. The van der Waals surface area contributed by atoms with E-state index >= 15 is 0 Å². The number of hydrogen-bond acceptors (Lipinski definition) is 3. The van der Waals surface area contributed by atoms with Gasteiger partial charge in [-0.25, -0.2) is 4.79 Å². The van der Waals surface area contributed by atoms with E-state index in [0.717, 1.165) is 12.8 Å². The summed E-state index contributed by atoms with van der Waals surface area (Å²) in [6, 6.07) is 9.49. The monoisotopic (exact) mass is 306 g/mol. The first-order valence-corrected chi connectivity index (χ1v) is 7.59. The quantitative estimate of drug-likeness (QED) is 0.794. The van der Waals surface area contributed by atoms with Crippen LogP contribution in [0.15, 0.2) is 30.3 Å². The van der Waals surface area contributed by atoms with Gasteiger partial charge < -0.3 is 15.4 Å². The maximum Gasteiger partial charge on any atom is 0.408 e. The fourth-order valence-corrected chi connectivity index (χ4v) is 1.85. The fourth-order valence-electron chi connectivity index (χ4n) is 1.85. The minimum atomic E-state index is -0.619. The molecule has 5 heteroatoms. The molecule has 1 aromatic carbocycles. The second-order valence-corrected chi connectivity index (χ2v) is 6.25. The molecule has 2 N–H and O–H groups in total. The van der Waals surface area contributed by atoms with Crippen LogP contribution >= 0.6 is 0 Å². The SMILES string of the molecule is C[C@@H](NC(=O)OC(C)(C)C)C(=O)NCCCc1ccccc1. The van der Waals surface area contributed by atoms with Gasteiger partial charge in [-0.1, -0.05) is 30.3 Å².